The number of aryl methyl sites for hydroxylation is 1. The molecular formula is C34H35Cl2N3O4S. The first-order valence-corrected chi connectivity index (χ1v) is 16.6. The molecule has 44 heavy (non-hydrogen) atoms. The third-order valence-corrected chi connectivity index (χ3v) is 9.59. The van der Waals surface area contributed by atoms with Crippen molar-refractivity contribution in [1.82, 2.24) is 10.2 Å². The number of nitrogens with zero attached hydrogens (tertiary/aromatic N) is 2. The van der Waals surface area contributed by atoms with E-state index in [4.69, 9.17) is 23.2 Å². The summed E-state index contributed by atoms with van der Waals surface area (Å²) in [5, 5.41) is 3.61. The van der Waals surface area contributed by atoms with Gasteiger partial charge in [-0.2, -0.15) is 0 Å². The van der Waals surface area contributed by atoms with E-state index in [0.29, 0.717) is 34.3 Å². The number of hydrogen-bond acceptors (Lipinski definition) is 4. The second kappa shape index (κ2) is 15.2. The third-order valence-electron chi connectivity index (χ3n) is 7.23. The van der Waals surface area contributed by atoms with E-state index in [2.05, 4.69) is 5.32 Å². The van der Waals surface area contributed by atoms with Gasteiger partial charge in [-0.1, -0.05) is 103 Å². The number of halogens is 2. The van der Waals surface area contributed by atoms with Crippen molar-refractivity contribution >= 4 is 50.7 Å². The van der Waals surface area contributed by atoms with Crippen molar-refractivity contribution in [2.75, 3.05) is 17.4 Å². The molecule has 4 aromatic carbocycles. The number of rotatable bonds is 13. The van der Waals surface area contributed by atoms with Crippen molar-refractivity contribution in [1.29, 1.82) is 0 Å². The molecule has 0 aromatic heterocycles. The number of carbonyl (C=O) groups is 2. The van der Waals surface area contributed by atoms with Crippen molar-refractivity contribution < 1.29 is 18.0 Å². The number of carbonyl (C=O) groups excluding carboxylic acids is 2. The highest BCUT2D eigenvalue weighted by Gasteiger charge is 2.35. The topological polar surface area (TPSA) is 86.8 Å². The Morgan fingerprint density at radius 2 is 1.45 bits per heavy atom. The van der Waals surface area contributed by atoms with Gasteiger partial charge in [0.05, 0.1) is 10.6 Å². The molecule has 2 amide bonds. The number of nitrogens with one attached hydrogen (secondary N) is 1. The van der Waals surface area contributed by atoms with Gasteiger partial charge in [-0.25, -0.2) is 8.42 Å². The second-order valence-electron chi connectivity index (χ2n) is 10.2. The summed E-state index contributed by atoms with van der Waals surface area (Å²) >= 11 is 12.7. The Bertz CT molecular complexity index is 1690. The van der Waals surface area contributed by atoms with E-state index in [1.807, 2.05) is 49.4 Å². The fourth-order valence-electron chi connectivity index (χ4n) is 4.97. The van der Waals surface area contributed by atoms with Crippen molar-refractivity contribution in [3.8, 4) is 0 Å². The molecule has 0 aliphatic rings. The van der Waals surface area contributed by atoms with E-state index in [1.54, 1.807) is 55.5 Å². The lowest BCUT2D eigenvalue weighted by Crippen LogP contribution is -2.53. The van der Waals surface area contributed by atoms with Gasteiger partial charge in [0, 0.05) is 29.6 Å². The number of anilines is 1. The standard InChI is InChI=1S/C34H35Cl2N3O4S/c1-3-26-15-11-12-18-31(26)39(44(42,43)29-16-9-6-10-17-29)24-33(40)38(23-27-19-20-28(35)22-30(27)36)32(34(41)37-4-2)21-25-13-7-5-8-14-25/h5-20,22,32H,3-4,21,23-24H2,1-2H3,(H,37,41)/t32-/m1/s1. The number of likely N-dealkylation sites (N-methyl/N-ethyl adjacent to an activating group) is 1. The number of hydrogen-bond donors (Lipinski definition) is 1. The Labute approximate surface area is 269 Å². The minimum atomic E-state index is -4.18. The quantitative estimate of drug-likeness (QED) is 0.178. The molecule has 0 radical (unpaired) electrons. The molecule has 0 unspecified atom stereocenters. The number of amides is 2. The Hall–Kier alpha value is -3.85. The molecular weight excluding hydrogens is 617 g/mol. The molecule has 0 aliphatic heterocycles. The van der Waals surface area contributed by atoms with Crippen LogP contribution in [0.5, 0.6) is 0 Å². The molecule has 0 fully saturated rings. The highest BCUT2D eigenvalue weighted by molar-refractivity contribution is 7.92. The van der Waals surface area contributed by atoms with E-state index in [1.165, 1.54) is 17.0 Å². The van der Waals surface area contributed by atoms with Crippen LogP contribution in [0.25, 0.3) is 0 Å². The Balaban J connectivity index is 1.83. The van der Waals surface area contributed by atoms with Gasteiger partial charge in [0.1, 0.15) is 12.6 Å². The molecule has 1 N–H and O–H groups in total. The van der Waals surface area contributed by atoms with E-state index < -0.39 is 28.5 Å². The maximum atomic E-state index is 14.5. The minimum Gasteiger partial charge on any atom is -0.355 e. The average molecular weight is 653 g/mol. The van der Waals surface area contributed by atoms with Crippen LogP contribution in [0.4, 0.5) is 5.69 Å². The van der Waals surface area contributed by atoms with Crippen molar-refractivity contribution in [2.24, 2.45) is 0 Å². The maximum Gasteiger partial charge on any atom is 0.264 e. The summed E-state index contributed by atoms with van der Waals surface area (Å²) < 4.78 is 29.4. The van der Waals surface area contributed by atoms with Crippen LogP contribution in [0.1, 0.15) is 30.5 Å². The number of para-hydroxylation sites is 1. The van der Waals surface area contributed by atoms with Crippen LogP contribution < -0.4 is 9.62 Å². The maximum absolute atomic E-state index is 14.5. The van der Waals surface area contributed by atoms with Crippen LogP contribution >= 0.6 is 23.2 Å². The zero-order chi connectivity index (χ0) is 31.7. The first kappa shape index (κ1) is 33.1. The van der Waals surface area contributed by atoms with E-state index in [9.17, 15) is 18.0 Å². The van der Waals surface area contributed by atoms with Gasteiger partial charge < -0.3 is 10.2 Å². The molecule has 0 heterocycles. The van der Waals surface area contributed by atoms with Gasteiger partial charge in [0.25, 0.3) is 10.0 Å². The molecule has 0 spiro atoms. The van der Waals surface area contributed by atoms with Crippen LogP contribution in [-0.4, -0.2) is 44.3 Å². The lowest BCUT2D eigenvalue weighted by molar-refractivity contribution is -0.140. The molecule has 4 rings (SSSR count). The predicted octanol–water partition coefficient (Wildman–Crippen LogP) is 6.53. The highest BCUT2D eigenvalue weighted by Crippen LogP contribution is 2.29. The molecule has 4 aromatic rings. The van der Waals surface area contributed by atoms with Gasteiger partial charge in [-0.05, 0) is 60.4 Å². The minimum absolute atomic E-state index is 0.0435. The second-order valence-corrected chi connectivity index (χ2v) is 12.9. The van der Waals surface area contributed by atoms with Crippen LogP contribution in [0.3, 0.4) is 0 Å². The Morgan fingerprint density at radius 3 is 2.09 bits per heavy atom. The molecule has 1 atom stereocenters. The largest absolute Gasteiger partial charge is 0.355 e. The molecule has 0 saturated carbocycles. The summed E-state index contributed by atoms with van der Waals surface area (Å²) in [7, 11) is -4.18. The molecule has 0 saturated heterocycles. The normalized spacial score (nSPS) is 11.9. The van der Waals surface area contributed by atoms with Gasteiger partial charge in [0.2, 0.25) is 11.8 Å². The van der Waals surface area contributed by atoms with Gasteiger partial charge in [0.15, 0.2) is 0 Å². The van der Waals surface area contributed by atoms with E-state index >= 15 is 0 Å². The molecule has 7 nitrogen and oxygen atoms in total. The third kappa shape index (κ3) is 8.00. The zero-order valence-electron chi connectivity index (χ0n) is 24.6. The Morgan fingerprint density at radius 1 is 0.818 bits per heavy atom. The van der Waals surface area contributed by atoms with E-state index in [-0.39, 0.29) is 23.8 Å². The van der Waals surface area contributed by atoms with Crippen molar-refractivity contribution in [3.63, 3.8) is 0 Å². The highest BCUT2D eigenvalue weighted by atomic mass is 35.5. The first-order chi connectivity index (χ1) is 21.1. The van der Waals surface area contributed by atoms with Crippen LogP contribution in [0.2, 0.25) is 10.0 Å². The first-order valence-electron chi connectivity index (χ1n) is 14.4. The molecule has 10 heteroatoms. The van der Waals surface area contributed by atoms with Gasteiger partial charge >= 0.3 is 0 Å². The lowest BCUT2D eigenvalue weighted by Gasteiger charge is -2.34. The average Bonchev–Trinajstić information content (AvgIpc) is 3.03. The SMILES string of the molecule is CCNC(=O)[C@@H](Cc1ccccc1)N(Cc1ccc(Cl)cc1Cl)C(=O)CN(c1ccccc1CC)S(=O)(=O)c1ccccc1. The predicted molar refractivity (Wildman–Crippen MR) is 176 cm³/mol. The van der Waals surface area contributed by atoms with Crippen LogP contribution in [-0.2, 0) is 39.0 Å². The van der Waals surface area contributed by atoms with Crippen LogP contribution in [0, 0.1) is 0 Å². The summed E-state index contributed by atoms with van der Waals surface area (Å²) in [6.07, 6.45) is 0.755. The van der Waals surface area contributed by atoms with Gasteiger partial charge in [-0.3, -0.25) is 13.9 Å². The molecule has 0 bridgehead atoms. The molecule has 230 valence electrons. The van der Waals surface area contributed by atoms with Crippen LogP contribution in [0.15, 0.2) is 108 Å². The summed E-state index contributed by atoms with van der Waals surface area (Å²) in [6, 6.07) is 28.4. The summed E-state index contributed by atoms with van der Waals surface area (Å²) in [5.41, 5.74) is 2.57. The van der Waals surface area contributed by atoms with Crippen molar-refractivity contribution in [3.05, 3.63) is 130 Å². The fraction of sp³-hybridized carbons (Fsp3) is 0.235. The smallest absolute Gasteiger partial charge is 0.264 e. The monoisotopic (exact) mass is 651 g/mol. The molecule has 0 aliphatic carbocycles. The zero-order valence-corrected chi connectivity index (χ0v) is 26.9. The lowest BCUT2D eigenvalue weighted by atomic mass is 10.0. The fourth-order valence-corrected chi connectivity index (χ4v) is 6.91. The summed E-state index contributed by atoms with van der Waals surface area (Å²) in [5.74, 6) is -0.921. The van der Waals surface area contributed by atoms with Gasteiger partial charge in [-0.15, -0.1) is 0 Å². The Kier molecular flexibility index (Phi) is 11.4. The summed E-state index contributed by atoms with van der Waals surface area (Å²) in [6.45, 7) is 3.50. The number of benzene rings is 4. The summed E-state index contributed by atoms with van der Waals surface area (Å²) in [4.78, 5) is 29.6. The number of sulfonamides is 1. The van der Waals surface area contributed by atoms with E-state index in [0.717, 1.165) is 15.4 Å². The van der Waals surface area contributed by atoms with Crippen molar-refractivity contribution in [2.45, 2.75) is 44.2 Å².